The molecule has 1 saturated heterocycles. The van der Waals surface area contributed by atoms with E-state index in [1.54, 1.807) is 25.7 Å². The third kappa shape index (κ3) is 9.05. The smallest absolute Gasteiger partial charge is 0.410 e. The second kappa shape index (κ2) is 15.3. The van der Waals surface area contributed by atoms with Gasteiger partial charge in [0.05, 0.1) is 31.6 Å². The molecule has 1 unspecified atom stereocenters. The Labute approximate surface area is 323 Å². The molecule has 5 atom stereocenters. The summed E-state index contributed by atoms with van der Waals surface area (Å²) < 4.78 is 45.3. The lowest BCUT2D eigenvalue weighted by Gasteiger charge is -2.35. The van der Waals surface area contributed by atoms with Gasteiger partial charge in [0, 0.05) is 24.4 Å². The molecule has 302 valence electrons. The van der Waals surface area contributed by atoms with Crippen molar-refractivity contribution in [3.63, 3.8) is 0 Å². The lowest BCUT2D eigenvalue weighted by atomic mass is 9.85. The lowest BCUT2D eigenvalue weighted by molar-refractivity contribution is -0.143. The Morgan fingerprint density at radius 1 is 1.05 bits per heavy atom. The number of benzene rings is 1. The molecule has 1 aromatic carbocycles. The summed E-state index contributed by atoms with van der Waals surface area (Å²) in [6, 6.07) is 3.33. The van der Waals surface area contributed by atoms with E-state index in [-0.39, 0.29) is 38.0 Å². The number of nitrogens with zero attached hydrogens (tertiary/aromatic N) is 2. The Morgan fingerprint density at radius 3 is 2.47 bits per heavy atom. The van der Waals surface area contributed by atoms with Crippen molar-refractivity contribution < 1.29 is 46.6 Å². The van der Waals surface area contributed by atoms with Crippen LogP contribution >= 0.6 is 0 Å². The van der Waals surface area contributed by atoms with Gasteiger partial charge >= 0.3 is 12.2 Å². The number of rotatable bonds is 6. The standard InChI is InChI=1S/C39H55N5O10S/c1-7-25-19-39(25,34(47)42-55(50,51)27-14-15-27)41-32(45)29-18-26-21-44(29)33(46)31(37(2,3)4)40-35(48)53-23-38(5,6)16-9-8-10-17-52-30-13-11-12-24-20-43(22-28(24)30)36(49)54-26/h7,11-13,25-27,29,31H,1,8-10,14-23H2,2-6H3,(H,40,48)(H,41,45)(H,42,47)/t25-,26+,29?,31+,39-/m0/s1. The molecule has 15 nitrogen and oxygen atoms in total. The van der Waals surface area contributed by atoms with E-state index in [2.05, 4.69) is 21.9 Å². The molecular formula is C39H55N5O10S. The van der Waals surface area contributed by atoms with Crippen molar-refractivity contribution in [2.45, 2.75) is 128 Å². The average Bonchev–Trinajstić information content (AvgIpc) is 4.00. The SMILES string of the molecule is C=C[C@H]1C[C@@]1(NC(=O)C1C[C@@H]2CN1C(=O)[C@H](C(C)(C)C)NC(=O)OCC(C)(C)CCCCCOc1cccc3c1CN(C3)C(=O)O2)C(=O)NS(=O)(=O)C1CC1. The number of amides is 5. The van der Waals surface area contributed by atoms with Crippen LogP contribution in [0.3, 0.4) is 0 Å². The minimum Gasteiger partial charge on any atom is -0.493 e. The van der Waals surface area contributed by atoms with Gasteiger partial charge in [0.2, 0.25) is 21.8 Å². The van der Waals surface area contributed by atoms with Crippen LogP contribution in [-0.2, 0) is 47.0 Å². The van der Waals surface area contributed by atoms with Crippen molar-refractivity contribution in [2.24, 2.45) is 16.7 Å². The number of alkyl carbamates (subject to hydrolysis) is 1. The molecule has 16 heteroatoms. The fourth-order valence-electron chi connectivity index (χ4n) is 7.64. The van der Waals surface area contributed by atoms with E-state index in [4.69, 9.17) is 14.2 Å². The van der Waals surface area contributed by atoms with Crippen molar-refractivity contribution in [1.82, 2.24) is 25.2 Å². The van der Waals surface area contributed by atoms with Crippen molar-refractivity contribution in [3.8, 4) is 5.75 Å². The molecule has 2 aliphatic carbocycles. The van der Waals surface area contributed by atoms with Crippen LogP contribution in [-0.4, -0.2) is 96.9 Å². The van der Waals surface area contributed by atoms with Gasteiger partial charge in [0.15, 0.2) is 0 Å². The molecule has 55 heavy (non-hydrogen) atoms. The van der Waals surface area contributed by atoms with Crippen molar-refractivity contribution >= 4 is 39.9 Å². The summed E-state index contributed by atoms with van der Waals surface area (Å²) in [5.74, 6) is -2.05. The zero-order chi connectivity index (χ0) is 39.9. The van der Waals surface area contributed by atoms with Gasteiger partial charge in [-0.05, 0) is 54.6 Å². The number of hydrogen-bond acceptors (Lipinski definition) is 10. The Bertz CT molecular complexity index is 1820. The minimum absolute atomic E-state index is 0.106. The minimum atomic E-state index is -3.92. The number of carbonyl (C=O) groups is 5. The van der Waals surface area contributed by atoms with Crippen LogP contribution in [0.2, 0.25) is 0 Å². The molecule has 0 spiro atoms. The number of sulfonamides is 1. The first-order valence-corrected chi connectivity index (χ1v) is 20.8. The van der Waals surface area contributed by atoms with Gasteiger partial charge in [-0.25, -0.2) is 18.0 Å². The maximum Gasteiger partial charge on any atom is 0.410 e. The predicted octanol–water partition coefficient (Wildman–Crippen LogP) is 3.90. The first-order chi connectivity index (χ1) is 25.8. The van der Waals surface area contributed by atoms with Crippen LogP contribution in [0.15, 0.2) is 30.9 Å². The molecular weight excluding hydrogens is 731 g/mol. The van der Waals surface area contributed by atoms with Gasteiger partial charge in [0.1, 0.15) is 29.5 Å². The molecule has 5 aliphatic rings. The second-order valence-electron chi connectivity index (χ2n) is 17.5. The number of ether oxygens (including phenoxy) is 3. The molecule has 2 saturated carbocycles. The summed E-state index contributed by atoms with van der Waals surface area (Å²) in [5, 5.41) is 4.83. The molecule has 3 heterocycles. The first kappa shape index (κ1) is 40.3. The van der Waals surface area contributed by atoms with E-state index < -0.39 is 80.2 Å². The number of fused-ring (bicyclic) bond motifs is 3. The maximum absolute atomic E-state index is 14.5. The third-order valence-electron chi connectivity index (χ3n) is 11.3. The predicted molar refractivity (Wildman–Crippen MR) is 201 cm³/mol. The fourth-order valence-corrected chi connectivity index (χ4v) is 9.00. The highest BCUT2D eigenvalue weighted by molar-refractivity contribution is 7.91. The molecule has 0 radical (unpaired) electrons. The molecule has 5 amide bonds. The lowest BCUT2D eigenvalue weighted by Crippen LogP contribution is -2.60. The zero-order valence-corrected chi connectivity index (χ0v) is 33.3. The summed E-state index contributed by atoms with van der Waals surface area (Å²) in [4.78, 5) is 72.0. The second-order valence-corrected chi connectivity index (χ2v) is 19.5. The molecule has 3 aliphatic heterocycles. The molecule has 1 aromatic rings. The Hall–Kier alpha value is -4.34. The number of hydrogen-bond donors (Lipinski definition) is 3. The fraction of sp³-hybridized carbons (Fsp3) is 0.667. The van der Waals surface area contributed by atoms with Gasteiger partial charge in [-0.15, -0.1) is 6.58 Å². The van der Waals surface area contributed by atoms with E-state index in [1.165, 1.54) is 11.0 Å². The topological polar surface area (TPSA) is 190 Å². The van der Waals surface area contributed by atoms with Crippen LogP contribution in [0.5, 0.6) is 5.75 Å². The van der Waals surface area contributed by atoms with Crippen LogP contribution < -0.4 is 20.1 Å². The largest absolute Gasteiger partial charge is 0.493 e. The number of carbonyl (C=O) groups excluding carboxylic acids is 5. The van der Waals surface area contributed by atoms with E-state index in [0.717, 1.165) is 36.8 Å². The van der Waals surface area contributed by atoms with Gasteiger partial charge in [-0.3, -0.25) is 24.0 Å². The summed E-state index contributed by atoms with van der Waals surface area (Å²) in [7, 11) is -3.92. The van der Waals surface area contributed by atoms with Gasteiger partial charge in [-0.2, -0.15) is 0 Å². The van der Waals surface area contributed by atoms with Crippen molar-refractivity contribution in [2.75, 3.05) is 19.8 Å². The van der Waals surface area contributed by atoms with Gasteiger partial charge in [0.25, 0.3) is 5.91 Å². The first-order valence-electron chi connectivity index (χ1n) is 19.3. The highest BCUT2D eigenvalue weighted by Gasteiger charge is 2.62. The number of nitrogens with one attached hydrogen (secondary N) is 3. The Morgan fingerprint density at radius 2 is 1.80 bits per heavy atom. The molecule has 3 fully saturated rings. The normalized spacial score (nSPS) is 29.0. The average molecular weight is 786 g/mol. The summed E-state index contributed by atoms with van der Waals surface area (Å²) >= 11 is 0. The van der Waals surface area contributed by atoms with Crippen LogP contribution in [0.25, 0.3) is 0 Å². The van der Waals surface area contributed by atoms with E-state index in [9.17, 15) is 32.4 Å². The number of cyclic esters (lactones) is 1. The molecule has 0 aromatic heterocycles. The van der Waals surface area contributed by atoms with Crippen LogP contribution in [0.1, 0.15) is 97.1 Å². The van der Waals surface area contributed by atoms with Crippen molar-refractivity contribution in [3.05, 3.63) is 42.0 Å². The molecule has 6 rings (SSSR count). The van der Waals surface area contributed by atoms with Gasteiger partial charge in [-0.1, -0.05) is 65.7 Å². The van der Waals surface area contributed by atoms with E-state index >= 15 is 0 Å². The summed E-state index contributed by atoms with van der Waals surface area (Å²) in [6.07, 6.45) is 3.46. The molecule has 4 bridgehead atoms. The van der Waals surface area contributed by atoms with E-state index in [1.807, 2.05) is 32.0 Å². The third-order valence-corrected chi connectivity index (χ3v) is 13.1. The van der Waals surface area contributed by atoms with Gasteiger partial charge < -0.3 is 29.7 Å². The highest BCUT2D eigenvalue weighted by Crippen LogP contribution is 2.45. The Balaban J connectivity index is 1.27. The maximum atomic E-state index is 14.5. The quantitative estimate of drug-likeness (QED) is 0.357. The summed E-state index contributed by atoms with van der Waals surface area (Å²) in [5.41, 5.74) is -0.934. The Kier molecular flexibility index (Phi) is 11.2. The summed E-state index contributed by atoms with van der Waals surface area (Å²) in [6.45, 7) is 14.1. The zero-order valence-electron chi connectivity index (χ0n) is 32.5. The molecule has 3 N–H and O–H groups in total. The van der Waals surface area contributed by atoms with Crippen LogP contribution in [0.4, 0.5) is 9.59 Å². The van der Waals surface area contributed by atoms with Crippen LogP contribution in [0, 0.1) is 16.7 Å². The highest BCUT2D eigenvalue weighted by atomic mass is 32.2. The monoisotopic (exact) mass is 785 g/mol. The van der Waals surface area contributed by atoms with Crippen molar-refractivity contribution in [1.29, 1.82) is 0 Å². The van der Waals surface area contributed by atoms with E-state index in [0.29, 0.717) is 31.7 Å².